The number of nitrogens with zero attached hydrogens (tertiary/aromatic N) is 1. The van der Waals surface area contributed by atoms with Crippen molar-refractivity contribution in [1.29, 1.82) is 0 Å². The van der Waals surface area contributed by atoms with E-state index in [-0.39, 0.29) is 5.91 Å². The van der Waals surface area contributed by atoms with Gasteiger partial charge in [-0.15, -0.1) is 0 Å². The Labute approximate surface area is 113 Å². The Hall–Kier alpha value is -2.23. The van der Waals surface area contributed by atoms with Gasteiger partial charge in [0.1, 0.15) is 0 Å². The molecular weight excluding hydrogens is 238 g/mol. The van der Waals surface area contributed by atoms with Gasteiger partial charge < -0.3 is 15.2 Å². The van der Waals surface area contributed by atoms with Crippen LogP contribution in [0.25, 0.3) is 0 Å². The Bertz CT molecular complexity index is 543. The number of nitrogens with one attached hydrogen (secondary N) is 2. The lowest BCUT2D eigenvalue weighted by Crippen LogP contribution is -2.22. The average Bonchev–Trinajstić information content (AvgIpc) is 2.83. The molecule has 0 radical (unpaired) electrons. The summed E-state index contributed by atoms with van der Waals surface area (Å²) in [6.07, 6.45) is 4.10. The second-order valence-corrected chi connectivity index (χ2v) is 4.48. The fourth-order valence-corrected chi connectivity index (χ4v) is 1.87. The number of aromatic nitrogens is 1. The van der Waals surface area contributed by atoms with E-state index in [9.17, 15) is 4.79 Å². The topological polar surface area (TPSA) is 46.1 Å². The third-order valence-electron chi connectivity index (χ3n) is 2.87. The highest BCUT2D eigenvalue weighted by atomic mass is 16.1. The van der Waals surface area contributed by atoms with Gasteiger partial charge in [0.2, 0.25) is 0 Å². The fraction of sp³-hybridized carbons (Fsp3) is 0.267. The largest absolute Gasteiger partial charge is 0.381 e. The maximum absolute atomic E-state index is 11.6. The molecule has 1 aromatic heterocycles. The van der Waals surface area contributed by atoms with Gasteiger partial charge >= 0.3 is 0 Å². The second kappa shape index (κ2) is 6.09. The minimum Gasteiger partial charge on any atom is -0.381 e. The fourth-order valence-electron chi connectivity index (χ4n) is 1.87. The number of carbonyl (C=O) groups excluding carboxylic acids is 1. The Morgan fingerprint density at radius 3 is 2.53 bits per heavy atom. The molecule has 0 saturated heterocycles. The summed E-state index contributed by atoms with van der Waals surface area (Å²) in [5.41, 5.74) is 2.93. The number of rotatable bonds is 5. The first-order valence-electron chi connectivity index (χ1n) is 6.42. The van der Waals surface area contributed by atoms with Crippen LogP contribution in [0.5, 0.6) is 0 Å². The van der Waals surface area contributed by atoms with Crippen LogP contribution in [0.4, 0.5) is 5.69 Å². The van der Waals surface area contributed by atoms with E-state index >= 15 is 0 Å². The van der Waals surface area contributed by atoms with E-state index in [1.54, 1.807) is 0 Å². The maximum Gasteiger partial charge on any atom is 0.251 e. The number of anilines is 1. The summed E-state index contributed by atoms with van der Waals surface area (Å²) < 4.78 is 2.02. The van der Waals surface area contributed by atoms with Gasteiger partial charge in [0.25, 0.3) is 5.91 Å². The van der Waals surface area contributed by atoms with E-state index in [1.807, 2.05) is 49.0 Å². The molecule has 2 aromatic rings. The van der Waals surface area contributed by atoms with Crippen LogP contribution >= 0.6 is 0 Å². The lowest BCUT2D eigenvalue weighted by molar-refractivity contribution is 0.0956. The summed E-state index contributed by atoms with van der Waals surface area (Å²) in [4.78, 5) is 11.6. The number of hydrogen-bond acceptors (Lipinski definition) is 2. The van der Waals surface area contributed by atoms with Crippen molar-refractivity contribution in [3.8, 4) is 0 Å². The highest BCUT2D eigenvalue weighted by Gasteiger charge is 2.03. The predicted octanol–water partition coefficient (Wildman–Crippen LogP) is 2.39. The Morgan fingerprint density at radius 1 is 1.21 bits per heavy atom. The summed E-state index contributed by atoms with van der Waals surface area (Å²) in [7, 11) is 2.00. The Kier molecular flexibility index (Phi) is 4.23. The molecule has 4 nitrogen and oxygen atoms in total. The zero-order valence-electron chi connectivity index (χ0n) is 11.3. The number of benzene rings is 1. The van der Waals surface area contributed by atoms with E-state index < -0.39 is 0 Å². The molecule has 0 aliphatic carbocycles. The van der Waals surface area contributed by atoms with Gasteiger partial charge in [0.05, 0.1) is 0 Å². The van der Waals surface area contributed by atoms with Crippen LogP contribution in [-0.4, -0.2) is 17.0 Å². The third-order valence-corrected chi connectivity index (χ3v) is 2.87. The summed E-state index contributed by atoms with van der Waals surface area (Å²) >= 11 is 0. The molecule has 19 heavy (non-hydrogen) atoms. The van der Waals surface area contributed by atoms with E-state index in [4.69, 9.17) is 0 Å². The Balaban J connectivity index is 1.93. The molecular formula is C15H19N3O. The van der Waals surface area contributed by atoms with Crippen molar-refractivity contribution in [2.24, 2.45) is 7.05 Å². The van der Waals surface area contributed by atoms with Gasteiger partial charge in [-0.05, 0) is 42.8 Å². The van der Waals surface area contributed by atoms with Gasteiger partial charge in [-0.3, -0.25) is 4.79 Å². The first-order chi connectivity index (χ1) is 9.19. The van der Waals surface area contributed by atoms with Crippen LogP contribution in [0.15, 0.2) is 42.7 Å². The normalized spacial score (nSPS) is 10.2. The molecule has 0 unspecified atom stereocenters. The van der Waals surface area contributed by atoms with Crippen molar-refractivity contribution < 1.29 is 4.79 Å². The zero-order valence-corrected chi connectivity index (χ0v) is 11.3. The molecule has 2 N–H and O–H groups in total. The molecule has 0 bridgehead atoms. The van der Waals surface area contributed by atoms with Gasteiger partial charge in [0, 0.05) is 43.8 Å². The minimum atomic E-state index is -0.0305. The number of amides is 1. The molecule has 2 rings (SSSR count). The quantitative estimate of drug-likeness (QED) is 0.864. The zero-order chi connectivity index (χ0) is 13.7. The highest BCUT2D eigenvalue weighted by Crippen LogP contribution is 2.11. The van der Waals surface area contributed by atoms with Crippen LogP contribution in [0.1, 0.15) is 22.8 Å². The lowest BCUT2D eigenvalue weighted by atomic mass is 10.2. The van der Waals surface area contributed by atoms with E-state index in [0.29, 0.717) is 12.1 Å². The van der Waals surface area contributed by atoms with Crippen molar-refractivity contribution in [2.45, 2.75) is 13.5 Å². The van der Waals surface area contributed by atoms with Crippen molar-refractivity contribution in [3.05, 3.63) is 53.9 Å². The lowest BCUT2D eigenvalue weighted by Gasteiger charge is -2.06. The van der Waals surface area contributed by atoms with Crippen LogP contribution in [0.2, 0.25) is 0 Å². The van der Waals surface area contributed by atoms with Gasteiger partial charge in [0.15, 0.2) is 0 Å². The predicted molar refractivity (Wildman–Crippen MR) is 77.2 cm³/mol. The smallest absolute Gasteiger partial charge is 0.251 e. The van der Waals surface area contributed by atoms with Gasteiger partial charge in [-0.1, -0.05) is 0 Å². The molecule has 100 valence electrons. The SMILES string of the molecule is CCNC(=O)c1ccc(NCc2ccn(C)c2)cc1. The van der Waals surface area contributed by atoms with Crippen molar-refractivity contribution in [1.82, 2.24) is 9.88 Å². The molecule has 0 atom stereocenters. The van der Waals surface area contributed by atoms with Crippen molar-refractivity contribution in [3.63, 3.8) is 0 Å². The summed E-state index contributed by atoms with van der Waals surface area (Å²) in [5, 5.41) is 6.11. The van der Waals surface area contributed by atoms with Crippen LogP contribution in [0.3, 0.4) is 0 Å². The second-order valence-electron chi connectivity index (χ2n) is 4.48. The van der Waals surface area contributed by atoms with E-state index in [0.717, 1.165) is 12.2 Å². The van der Waals surface area contributed by atoms with E-state index in [2.05, 4.69) is 22.9 Å². The molecule has 0 aliphatic rings. The van der Waals surface area contributed by atoms with Crippen LogP contribution in [-0.2, 0) is 13.6 Å². The monoisotopic (exact) mass is 257 g/mol. The van der Waals surface area contributed by atoms with Crippen molar-refractivity contribution >= 4 is 11.6 Å². The molecule has 1 aromatic carbocycles. The summed E-state index contributed by atoms with van der Waals surface area (Å²) in [5.74, 6) is -0.0305. The molecule has 1 heterocycles. The maximum atomic E-state index is 11.6. The molecule has 0 fully saturated rings. The van der Waals surface area contributed by atoms with E-state index in [1.165, 1.54) is 5.56 Å². The molecule has 0 aliphatic heterocycles. The summed E-state index contributed by atoms with van der Waals surface area (Å²) in [6, 6.07) is 9.59. The number of hydrogen-bond donors (Lipinski definition) is 2. The van der Waals surface area contributed by atoms with Gasteiger partial charge in [-0.25, -0.2) is 0 Å². The van der Waals surface area contributed by atoms with Crippen LogP contribution < -0.4 is 10.6 Å². The molecule has 0 spiro atoms. The highest BCUT2D eigenvalue weighted by molar-refractivity contribution is 5.94. The third kappa shape index (κ3) is 3.61. The minimum absolute atomic E-state index is 0.0305. The first-order valence-corrected chi connectivity index (χ1v) is 6.42. The molecule has 1 amide bonds. The average molecular weight is 257 g/mol. The molecule has 4 heteroatoms. The van der Waals surface area contributed by atoms with Crippen LogP contribution in [0, 0.1) is 0 Å². The number of carbonyl (C=O) groups is 1. The summed E-state index contributed by atoms with van der Waals surface area (Å²) in [6.45, 7) is 3.34. The van der Waals surface area contributed by atoms with Crippen molar-refractivity contribution in [2.75, 3.05) is 11.9 Å². The Morgan fingerprint density at radius 2 is 1.95 bits per heavy atom. The van der Waals surface area contributed by atoms with Gasteiger partial charge in [-0.2, -0.15) is 0 Å². The standard InChI is InChI=1S/C15H19N3O/c1-3-16-15(19)13-4-6-14(7-5-13)17-10-12-8-9-18(2)11-12/h4-9,11,17H,3,10H2,1-2H3,(H,16,19). The number of aryl methyl sites for hydroxylation is 1. The first kappa shape index (κ1) is 13.2. The molecule has 0 saturated carbocycles.